The average Bonchev–Trinajstić information content (AvgIpc) is 2.79. The Morgan fingerprint density at radius 2 is 1.75 bits per heavy atom. The second-order valence-corrected chi connectivity index (χ2v) is 9.81. The topological polar surface area (TPSA) is 79.0 Å². The summed E-state index contributed by atoms with van der Waals surface area (Å²) in [5, 5.41) is 2.82. The number of hydrogen-bond donors (Lipinski definition) is 1. The molecule has 3 rings (SSSR count). The van der Waals surface area contributed by atoms with Crippen molar-refractivity contribution in [3.8, 4) is 0 Å². The highest BCUT2D eigenvalue weighted by Gasteiger charge is 2.27. The van der Waals surface area contributed by atoms with Gasteiger partial charge in [-0.25, -0.2) is 12.8 Å². The molecule has 1 saturated heterocycles. The highest BCUT2D eigenvalue weighted by atomic mass is 32.2. The third-order valence-electron chi connectivity index (χ3n) is 5.33. The maximum Gasteiger partial charge on any atom is 0.243 e. The van der Waals surface area contributed by atoms with Crippen LogP contribution in [0.2, 0.25) is 0 Å². The lowest BCUT2D eigenvalue weighted by molar-refractivity contribution is -0.121. The molecule has 2 aromatic carbocycles. The summed E-state index contributed by atoms with van der Waals surface area (Å²) in [5.74, 6) is -0.774. The largest absolute Gasteiger partial charge is 0.379 e. The molecule has 0 atom stereocenters. The Morgan fingerprint density at radius 3 is 2.41 bits per heavy atom. The zero-order valence-corrected chi connectivity index (χ0v) is 19.1. The molecule has 1 fully saturated rings. The number of carbonyl (C=O) groups is 1. The van der Waals surface area contributed by atoms with Gasteiger partial charge in [0.05, 0.1) is 24.7 Å². The Morgan fingerprint density at radius 1 is 1.09 bits per heavy atom. The third kappa shape index (κ3) is 7.09. The molecule has 9 heteroatoms. The lowest BCUT2D eigenvalue weighted by Gasteiger charge is -2.26. The van der Waals surface area contributed by atoms with Crippen LogP contribution in [0, 0.1) is 12.7 Å². The van der Waals surface area contributed by atoms with Crippen molar-refractivity contribution in [3.05, 3.63) is 65.5 Å². The first-order valence-corrected chi connectivity index (χ1v) is 12.2. The van der Waals surface area contributed by atoms with Crippen molar-refractivity contribution in [3.63, 3.8) is 0 Å². The van der Waals surface area contributed by atoms with Crippen molar-refractivity contribution < 1.29 is 22.3 Å². The second kappa shape index (κ2) is 11.5. The number of morpholine rings is 1. The summed E-state index contributed by atoms with van der Waals surface area (Å²) in [5.41, 5.74) is 1.54. The zero-order chi connectivity index (χ0) is 23.0. The Labute approximate surface area is 189 Å². The molecule has 1 heterocycles. The van der Waals surface area contributed by atoms with Crippen LogP contribution in [0.3, 0.4) is 0 Å². The highest BCUT2D eigenvalue weighted by molar-refractivity contribution is 7.89. The van der Waals surface area contributed by atoms with Gasteiger partial charge in [-0.1, -0.05) is 29.8 Å². The van der Waals surface area contributed by atoms with Gasteiger partial charge in [0, 0.05) is 26.2 Å². The van der Waals surface area contributed by atoms with Gasteiger partial charge in [-0.15, -0.1) is 0 Å². The second-order valence-electron chi connectivity index (χ2n) is 7.87. The first-order valence-electron chi connectivity index (χ1n) is 10.7. The molecule has 0 radical (unpaired) electrons. The van der Waals surface area contributed by atoms with Crippen LogP contribution < -0.4 is 5.32 Å². The predicted molar refractivity (Wildman–Crippen MR) is 120 cm³/mol. The van der Waals surface area contributed by atoms with Crippen molar-refractivity contribution in [1.82, 2.24) is 14.5 Å². The van der Waals surface area contributed by atoms with Gasteiger partial charge in [-0.2, -0.15) is 4.31 Å². The number of amides is 1. The first kappa shape index (κ1) is 24.3. The Bertz CT molecular complexity index is 975. The summed E-state index contributed by atoms with van der Waals surface area (Å²) in [7, 11) is -3.91. The molecular weight excluding hydrogens is 433 g/mol. The normalized spacial score (nSPS) is 15.1. The van der Waals surface area contributed by atoms with E-state index in [-0.39, 0.29) is 23.9 Å². The molecule has 0 unspecified atom stereocenters. The molecule has 1 amide bonds. The molecule has 174 valence electrons. The SMILES string of the molecule is Cc1ccc(S(=O)(=O)N(CC(=O)NCCCN2CCOCC2)Cc2ccc(F)cc2)cc1. The average molecular weight is 464 g/mol. The molecule has 0 bridgehead atoms. The molecule has 32 heavy (non-hydrogen) atoms. The van der Waals surface area contributed by atoms with Crippen LogP contribution in [0.15, 0.2) is 53.4 Å². The van der Waals surface area contributed by atoms with Crippen molar-refractivity contribution in [2.24, 2.45) is 0 Å². The molecule has 1 aliphatic rings. The molecule has 7 nitrogen and oxygen atoms in total. The molecule has 0 spiro atoms. The van der Waals surface area contributed by atoms with E-state index >= 15 is 0 Å². The molecule has 0 saturated carbocycles. The van der Waals surface area contributed by atoms with Gasteiger partial charge in [0.15, 0.2) is 0 Å². The van der Waals surface area contributed by atoms with Crippen molar-refractivity contribution in [2.45, 2.75) is 24.8 Å². The number of rotatable bonds is 10. The number of carbonyl (C=O) groups excluding carboxylic acids is 1. The number of halogens is 1. The molecule has 2 aromatic rings. The first-order chi connectivity index (χ1) is 15.3. The zero-order valence-electron chi connectivity index (χ0n) is 18.3. The minimum absolute atomic E-state index is 0.0301. The van der Waals surface area contributed by atoms with Crippen molar-refractivity contribution >= 4 is 15.9 Å². The van der Waals surface area contributed by atoms with Gasteiger partial charge in [0.2, 0.25) is 15.9 Å². The Kier molecular flexibility index (Phi) is 8.75. The Balaban J connectivity index is 1.64. The van der Waals surface area contributed by atoms with Crippen LogP contribution in [0.4, 0.5) is 4.39 Å². The minimum Gasteiger partial charge on any atom is -0.379 e. The highest BCUT2D eigenvalue weighted by Crippen LogP contribution is 2.19. The number of ether oxygens (including phenoxy) is 1. The third-order valence-corrected chi connectivity index (χ3v) is 7.13. The maximum atomic E-state index is 13.3. The molecular formula is C23H30FN3O4S. The summed E-state index contributed by atoms with van der Waals surface area (Å²) < 4.78 is 46.2. The van der Waals surface area contributed by atoms with Crippen LogP contribution in [0.5, 0.6) is 0 Å². The molecule has 1 N–H and O–H groups in total. The predicted octanol–water partition coefficient (Wildman–Crippen LogP) is 2.16. The van der Waals surface area contributed by atoms with Crippen molar-refractivity contribution in [2.75, 3.05) is 45.9 Å². The van der Waals surface area contributed by atoms with Gasteiger partial charge >= 0.3 is 0 Å². The summed E-state index contributed by atoms with van der Waals surface area (Å²) in [6.07, 6.45) is 0.772. The summed E-state index contributed by atoms with van der Waals surface area (Å²) in [6.45, 7) is 6.06. The van der Waals surface area contributed by atoms with E-state index in [1.165, 1.54) is 36.4 Å². The number of aryl methyl sites for hydroxylation is 1. The summed E-state index contributed by atoms with van der Waals surface area (Å²) in [6, 6.07) is 12.1. The number of hydrogen-bond acceptors (Lipinski definition) is 5. The Hall–Kier alpha value is -2.33. The van der Waals surface area contributed by atoms with Gasteiger partial charge in [-0.05, 0) is 49.7 Å². The maximum absolute atomic E-state index is 13.3. The van der Waals surface area contributed by atoms with Crippen LogP contribution in [0.25, 0.3) is 0 Å². The lowest BCUT2D eigenvalue weighted by atomic mass is 10.2. The number of benzene rings is 2. The minimum atomic E-state index is -3.91. The van der Waals surface area contributed by atoms with E-state index in [1.807, 2.05) is 6.92 Å². The van der Waals surface area contributed by atoms with E-state index in [0.29, 0.717) is 12.1 Å². The fraction of sp³-hybridized carbons (Fsp3) is 0.435. The van der Waals surface area contributed by atoms with E-state index in [0.717, 1.165) is 49.1 Å². The monoisotopic (exact) mass is 463 g/mol. The van der Waals surface area contributed by atoms with E-state index in [1.54, 1.807) is 12.1 Å². The van der Waals surface area contributed by atoms with Crippen LogP contribution in [0.1, 0.15) is 17.5 Å². The van der Waals surface area contributed by atoms with E-state index in [4.69, 9.17) is 4.74 Å². The molecule has 0 aliphatic carbocycles. The molecule has 1 aliphatic heterocycles. The van der Waals surface area contributed by atoms with E-state index in [9.17, 15) is 17.6 Å². The van der Waals surface area contributed by atoms with Crippen molar-refractivity contribution in [1.29, 1.82) is 0 Å². The van der Waals surface area contributed by atoms with Crippen LogP contribution in [-0.4, -0.2) is 69.5 Å². The number of sulfonamides is 1. The number of nitrogens with zero attached hydrogens (tertiary/aromatic N) is 2. The van der Waals surface area contributed by atoms with E-state index in [2.05, 4.69) is 10.2 Å². The van der Waals surface area contributed by atoms with Gasteiger partial charge in [0.1, 0.15) is 5.82 Å². The lowest BCUT2D eigenvalue weighted by Crippen LogP contribution is -2.41. The van der Waals surface area contributed by atoms with Gasteiger partial charge in [0.25, 0.3) is 0 Å². The smallest absolute Gasteiger partial charge is 0.243 e. The number of nitrogens with one attached hydrogen (secondary N) is 1. The van der Waals surface area contributed by atoms with Crippen LogP contribution >= 0.6 is 0 Å². The standard InChI is InChI=1S/C23H30FN3O4S/c1-19-3-9-22(10-4-19)32(29,30)27(17-20-5-7-21(24)8-6-20)18-23(28)25-11-2-12-26-13-15-31-16-14-26/h3-10H,2,11-18H2,1H3,(H,25,28). The quantitative estimate of drug-likeness (QED) is 0.547. The summed E-state index contributed by atoms with van der Waals surface area (Å²) in [4.78, 5) is 15.0. The van der Waals surface area contributed by atoms with E-state index < -0.39 is 15.8 Å². The fourth-order valence-corrected chi connectivity index (χ4v) is 4.83. The summed E-state index contributed by atoms with van der Waals surface area (Å²) >= 11 is 0. The fourth-order valence-electron chi connectivity index (χ4n) is 3.45. The molecule has 0 aromatic heterocycles. The van der Waals surface area contributed by atoms with Gasteiger partial charge in [-0.3, -0.25) is 9.69 Å². The van der Waals surface area contributed by atoms with Crippen LogP contribution in [-0.2, 0) is 26.1 Å². The van der Waals surface area contributed by atoms with Gasteiger partial charge < -0.3 is 10.1 Å².